The molecule has 0 aromatic heterocycles. The molecule has 0 aliphatic carbocycles. The van der Waals surface area contributed by atoms with Gasteiger partial charge in [0.25, 0.3) is 15.9 Å². The van der Waals surface area contributed by atoms with Gasteiger partial charge in [0.1, 0.15) is 5.75 Å². The number of methoxy groups -OCH3 is 1. The van der Waals surface area contributed by atoms with Crippen LogP contribution < -0.4 is 14.8 Å². The van der Waals surface area contributed by atoms with Crippen molar-refractivity contribution in [2.45, 2.75) is 18.2 Å². The zero-order valence-electron chi connectivity index (χ0n) is 16.2. The van der Waals surface area contributed by atoms with E-state index in [0.717, 1.165) is 17.7 Å². The summed E-state index contributed by atoms with van der Waals surface area (Å²) in [6.45, 7) is 2.01. The maximum Gasteiger partial charge on any atom is 0.262 e. The Kier molecular flexibility index (Phi) is 6.19. The van der Waals surface area contributed by atoms with Crippen LogP contribution >= 0.6 is 0 Å². The Bertz CT molecular complexity index is 1110. The molecule has 29 heavy (non-hydrogen) atoms. The average molecular weight is 410 g/mol. The standard InChI is InChI=1S/C22H22N2O4S/c1-3-16-8-4-5-9-19(16)23-22(25)17-12-14-18(15-13-17)29(26,27)24-20-10-6-7-11-21(20)28-2/h4-15,24H,3H2,1-2H3,(H,23,25). The van der Waals surface area contributed by atoms with E-state index < -0.39 is 10.0 Å². The number of nitrogens with one attached hydrogen (secondary N) is 2. The molecule has 0 unspecified atom stereocenters. The van der Waals surface area contributed by atoms with E-state index in [0.29, 0.717) is 17.0 Å². The summed E-state index contributed by atoms with van der Waals surface area (Å²) in [5.74, 6) is 0.120. The first kappa shape index (κ1) is 20.4. The normalized spacial score (nSPS) is 11.0. The zero-order valence-corrected chi connectivity index (χ0v) is 17.0. The van der Waals surface area contributed by atoms with E-state index in [1.165, 1.54) is 31.4 Å². The van der Waals surface area contributed by atoms with E-state index >= 15 is 0 Å². The van der Waals surface area contributed by atoms with Gasteiger partial charge in [-0.05, 0) is 54.4 Å². The summed E-state index contributed by atoms with van der Waals surface area (Å²) in [5.41, 5.74) is 2.48. The number of hydrogen-bond acceptors (Lipinski definition) is 4. The molecule has 150 valence electrons. The molecule has 0 radical (unpaired) electrons. The summed E-state index contributed by atoms with van der Waals surface area (Å²) < 4.78 is 33.0. The number of ether oxygens (including phenoxy) is 1. The van der Waals surface area contributed by atoms with Gasteiger partial charge in [-0.2, -0.15) is 0 Å². The minimum atomic E-state index is -3.82. The van der Waals surface area contributed by atoms with E-state index in [4.69, 9.17) is 4.74 Å². The summed E-state index contributed by atoms with van der Waals surface area (Å²) in [6.07, 6.45) is 0.794. The predicted octanol–water partition coefficient (Wildman–Crippen LogP) is 4.31. The lowest BCUT2D eigenvalue weighted by Crippen LogP contribution is -2.15. The fraction of sp³-hybridized carbons (Fsp3) is 0.136. The predicted molar refractivity (Wildman–Crippen MR) is 114 cm³/mol. The molecule has 7 heteroatoms. The van der Waals surface area contributed by atoms with E-state index in [1.54, 1.807) is 24.3 Å². The van der Waals surface area contributed by atoms with Crippen molar-refractivity contribution >= 4 is 27.3 Å². The molecule has 0 bridgehead atoms. The lowest BCUT2D eigenvalue weighted by Gasteiger charge is -2.12. The van der Waals surface area contributed by atoms with Crippen LogP contribution in [0.1, 0.15) is 22.8 Å². The summed E-state index contributed by atoms with van der Waals surface area (Å²) in [6, 6.07) is 20.1. The van der Waals surface area contributed by atoms with Gasteiger partial charge in [0.05, 0.1) is 17.7 Å². The topological polar surface area (TPSA) is 84.5 Å². The molecule has 0 spiro atoms. The molecule has 6 nitrogen and oxygen atoms in total. The molecule has 3 aromatic carbocycles. The fourth-order valence-electron chi connectivity index (χ4n) is 2.86. The number of rotatable bonds is 7. The molecule has 3 aromatic rings. The van der Waals surface area contributed by atoms with Crippen molar-refractivity contribution in [1.29, 1.82) is 0 Å². The second-order valence-corrected chi connectivity index (χ2v) is 7.98. The smallest absolute Gasteiger partial charge is 0.262 e. The fourth-order valence-corrected chi connectivity index (χ4v) is 3.93. The van der Waals surface area contributed by atoms with Crippen LogP contribution in [-0.4, -0.2) is 21.4 Å². The van der Waals surface area contributed by atoms with Crippen molar-refractivity contribution in [1.82, 2.24) is 0 Å². The van der Waals surface area contributed by atoms with Crippen molar-refractivity contribution in [3.8, 4) is 5.75 Å². The molecule has 0 aliphatic rings. The molecular formula is C22H22N2O4S. The van der Waals surface area contributed by atoms with E-state index in [1.807, 2.05) is 31.2 Å². The molecule has 3 rings (SSSR count). The molecule has 0 saturated heterocycles. The minimum Gasteiger partial charge on any atom is -0.495 e. The van der Waals surface area contributed by atoms with Crippen LogP contribution in [0.15, 0.2) is 77.7 Å². The number of anilines is 2. The van der Waals surface area contributed by atoms with Crippen molar-refractivity contribution in [2.75, 3.05) is 17.1 Å². The van der Waals surface area contributed by atoms with Gasteiger partial charge in [-0.25, -0.2) is 8.42 Å². The number of benzene rings is 3. The maximum atomic E-state index is 12.7. The van der Waals surface area contributed by atoms with Crippen LogP contribution in [0.3, 0.4) is 0 Å². The monoisotopic (exact) mass is 410 g/mol. The van der Waals surface area contributed by atoms with Gasteiger partial charge in [0, 0.05) is 11.3 Å². The highest BCUT2D eigenvalue weighted by Crippen LogP contribution is 2.26. The molecular weight excluding hydrogens is 388 g/mol. The van der Waals surface area contributed by atoms with Gasteiger partial charge < -0.3 is 10.1 Å². The molecule has 2 N–H and O–H groups in total. The second kappa shape index (κ2) is 8.79. The second-order valence-electron chi connectivity index (χ2n) is 6.29. The van der Waals surface area contributed by atoms with Crippen molar-refractivity contribution in [2.24, 2.45) is 0 Å². The average Bonchev–Trinajstić information content (AvgIpc) is 2.74. The van der Waals surface area contributed by atoms with Gasteiger partial charge in [0.15, 0.2) is 0 Å². The highest BCUT2D eigenvalue weighted by molar-refractivity contribution is 7.92. The summed E-state index contributed by atoms with van der Waals surface area (Å²) in [5, 5.41) is 2.87. The van der Waals surface area contributed by atoms with Crippen LogP contribution in [-0.2, 0) is 16.4 Å². The highest BCUT2D eigenvalue weighted by atomic mass is 32.2. The van der Waals surface area contributed by atoms with Crippen molar-refractivity contribution in [3.05, 3.63) is 83.9 Å². The van der Waals surface area contributed by atoms with Crippen LogP contribution in [0.5, 0.6) is 5.75 Å². The Morgan fingerprint density at radius 2 is 1.52 bits per heavy atom. The molecule has 0 fully saturated rings. The van der Waals surface area contributed by atoms with E-state index in [2.05, 4.69) is 10.0 Å². The summed E-state index contributed by atoms with van der Waals surface area (Å²) in [4.78, 5) is 12.6. The van der Waals surface area contributed by atoms with Gasteiger partial charge in [-0.3, -0.25) is 9.52 Å². The van der Waals surface area contributed by atoms with Crippen LogP contribution in [0.4, 0.5) is 11.4 Å². The summed E-state index contributed by atoms with van der Waals surface area (Å²) in [7, 11) is -2.35. The molecule has 0 heterocycles. The minimum absolute atomic E-state index is 0.0499. The Morgan fingerprint density at radius 1 is 0.897 bits per heavy atom. The maximum absolute atomic E-state index is 12.7. The van der Waals surface area contributed by atoms with E-state index in [-0.39, 0.29) is 10.8 Å². The zero-order chi connectivity index (χ0) is 20.9. The quantitative estimate of drug-likeness (QED) is 0.608. The van der Waals surface area contributed by atoms with Crippen LogP contribution in [0.2, 0.25) is 0 Å². The number of para-hydroxylation sites is 3. The van der Waals surface area contributed by atoms with Gasteiger partial charge in [-0.1, -0.05) is 37.3 Å². The molecule has 0 saturated carbocycles. The lowest BCUT2D eigenvalue weighted by molar-refractivity contribution is 0.102. The molecule has 0 atom stereocenters. The van der Waals surface area contributed by atoms with Crippen molar-refractivity contribution < 1.29 is 17.9 Å². The molecule has 1 amide bonds. The largest absolute Gasteiger partial charge is 0.495 e. The third kappa shape index (κ3) is 4.75. The first-order chi connectivity index (χ1) is 13.9. The SMILES string of the molecule is CCc1ccccc1NC(=O)c1ccc(S(=O)(=O)Nc2ccccc2OC)cc1. The van der Waals surface area contributed by atoms with Crippen LogP contribution in [0, 0.1) is 0 Å². The third-order valence-corrected chi connectivity index (χ3v) is 5.81. The van der Waals surface area contributed by atoms with Gasteiger partial charge >= 0.3 is 0 Å². The van der Waals surface area contributed by atoms with Crippen molar-refractivity contribution in [3.63, 3.8) is 0 Å². The number of hydrogen-bond donors (Lipinski definition) is 2. The van der Waals surface area contributed by atoms with E-state index in [9.17, 15) is 13.2 Å². The van der Waals surface area contributed by atoms with Gasteiger partial charge in [-0.15, -0.1) is 0 Å². The Balaban J connectivity index is 1.77. The number of carbonyl (C=O) groups excluding carboxylic acids is 1. The van der Waals surface area contributed by atoms with Gasteiger partial charge in [0.2, 0.25) is 0 Å². The molecule has 0 aliphatic heterocycles. The number of sulfonamides is 1. The van der Waals surface area contributed by atoms with Crippen LogP contribution in [0.25, 0.3) is 0 Å². The number of amides is 1. The number of carbonyl (C=O) groups is 1. The first-order valence-electron chi connectivity index (χ1n) is 9.09. The Labute approximate surface area is 170 Å². The lowest BCUT2D eigenvalue weighted by atomic mass is 10.1. The highest BCUT2D eigenvalue weighted by Gasteiger charge is 2.17. The first-order valence-corrected chi connectivity index (χ1v) is 10.6. The Hall–Kier alpha value is -3.32. The third-order valence-electron chi connectivity index (χ3n) is 4.42. The number of aryl methyl sites for hydroxylation is 1. The summed E-state index contributed by atoms with van der Waals surface area (Å²) >= 11 is 0. The Morgan fingerprint density at radius 3 is 2.17 bits per heavy atom.